The molecule has 0 saturated carbocycles. The van der Waals surface area contributed by atoms with E-state index in [2.05, 4.69) is 5.32 Å². The number of benzene rings is 2. The van der Waals surface area contributed by atoms with Gasteiger partial charge in [-0.2, -0.15) is 0 Å². The zero-order valence-corrected chi connectivity index (χ0v) is 19.5. The van der Waals surface area contributed by atoms with Crippen LogP contribution >= 0.6 is 23.2 Å². The van der Waals surface area contributed by atoms with Gasteiger partial charge in [-0.25, -0.2) is 0 Å². The Bertz CT molecular complexity index is 895. The smallest absolute Gasteiger partial charge is 0.261 e. The molecule has 162 valence electrons. The minimum atomic E-state index is -0.727. The number of hydrogen-bond donors (Lipinski definition) is 1. The van der Waals surface area contributed by atoms with E-state index in [9.17, 15) is 9.59 Å². The lowest BCUT2D eigenvalue weighted by Gasteiger charge is -2.30. The summed E-state index contributed by atoms with van der Waals surface area (Å²) in [5.41, 5.74) is 2.55. The fraction of sp³-hybridized carbons (Fsp3) is 0.391. The van der Waals surface area contributed by atoms with Gasteiger partial charge >= 0.3 is 0 Å². The van der Waals surface area contributed by atoms with Crippen LogP contribution < -0.4 is 10.1 Å². The van der Waals surface area contributed by atoms with Crippen LogP contribution in [-0.2, 0) is 16.1 Å². The van der Waals surface area contributed by atoms with E-state index in [1.54, 1.807) is 25.1 Å². The predicted octanol–water partition coefficient (Wildman–Crippen LogP) is 4.93. The number of halogens is 2. The Hall–Kier alpha value is -2.24. The van der Waals surface area contributed by atoms with Crippen molar-refractivity contribution in [3.05, 3.63) is 63.1 Å². The number of carbonyl (C=O) groups is 2. The third-order valence-corrected chi connectivity index (χ3v) is 5.39. The number of aryl methyl sites for hydroxylation is 2. The van der Waals surface area contributed by atoms with Crippen LogP contribution in [0.5, 0.6) is 5.75 Å². The van der Waals surface area contributed by atoms with Crippen LogP contribution in [0, 0.1) is 13.8 Å². The number of carbonyl (C=O) groups excluding carboxylic acids is 2. The van der Waals surface area contributed by atoms with Gasteiger partial charge in [0.2, 0.25) is 5.91 Å². The molecule has 5 nitrogen and oxygen atoms in total. The van der Waals surface area contributed by atoms with E-state index in [4.69, 9.17) is 27.9 Å². The molecule has 0 bridgehead atoms. The molecule has 0 radical (unpaired) electrons. The molecule has 0 spiro atoms. The molecule has 1 N–H and O–H groups in total. The third kappa shape index (κ3) is 6.38. The van der Waals surface area contributed by atoms with Gasteiger partial charge in [-0.3, -0.25) is 9.59 Å². The Balaban J connectivity index is 2.26. The minimum absolute atomic E-state index is 0.0491. The van der Waals surface area contributed by atoms with E-state index < -0.39 is 6.04 Å². The Labute approximate surface area is 188 Å². The van der Waals surface area contributed by atoms with E-state index in [1.165, 1.54) is 4.90 Å². The van der Waals surface area contributed by atoms with Crippen LogP contribution in [0.4, 0.5) is 0 Å². The average molecular weight is 451 g/mol. The number of amides is 2. The first-order valence-corrected chi connectivity index (χ1v) is 10.6. The predicted molar refractivity (Wildman–Crippen MR) is 121 cm³/mol. The molecule has 2 aromatic carbocycles. The second kappa shape index (κ2) is 10.7. The number of hydrogen-bond acceptors (Lipinski definition) is 3. The summed E-state index contributed by atoms with van der Waals surface area (Å²) < 4.78 is 5.78. The van der Waals surface area contributed by atoms with E-state index in [0.717, 1.165) is 11.1 Å². The molecule has 0 aliphatic rings. The van der Waals surface area contributed by atoms with Gasteiger partial charge < -0.3 is 15.0 Å². The highest BCUT2D eigenvalue weighted by Crippen LogP contribution is 2.27. The number of ether oxygens (including phenoxy) is 1. The molecule has 0 aliphatic heterocycles. The molecule has 2 amide bonds. The van der Waals surface area contributed by atoms with Gasteiger partial charge in [0.15, 0.2) is 6.61 Å². The maximum Gasteiger partial charge on any atom is 0.261 e. The first kappa shape index (κ1) is 24.0. The second-order valence-corrected chi connectivity index (χ2v) is 8.43. The molecule has 30 heavy (non-hydrogen) atoms. The molecule has 7 heteroatoms. The molecule has 2 rings (SSSR count). The van der Waals surface area contributed by atoms with Gasteiger partial charge in [-0.15, -0.1) is 0 Å². The van der Waals surface area contributed by atoms with E-state index in [1.807, 2.05) is 45.9 Å². The van der Waals surface area contributed by atoms with E-state index in [0.29, 0.717) is 21.4 Å². The first-order valence-electron chi connectivity index (χ1n) is 9.83. The van der Waals surface area contributed by atoms with Gasteiger partial charge in [0.05, 0.1) is 0 Å². The van der Waals surface area contributed by atoms with Crippen molar-refractivity contribution in [3.8, 4) is 5.75 Å². The largest absolute Gasteiger partial charge is 0.483 e. The first-order chi connectivity index (χ1) is 14.1. The van der Waals surface area contributed by atoms with Gasteiger partial charge in [-0.05, 0) is 63.9 Å². The molecule has 1 atom stereocenters. The number of rotatable bonds is 8. The van der Waals surface area contributed by atoms with Crippen molar-refractivity contribution in [1.29, 1.82) is 0 Å². The Morgan fingerprint density at radius 3 is 2.30 bits per heavy atom. The average Bonchev–Trinajstić information content (AvgIpc) is 2.67. The number of nitrogens with zero attached hydrogens (tertiary/aromatic N) is 1. The molecular formula is C23H28Cl2N2O3. The van der Waals surface area contributed by atoms with Crippen molar-refractivity contribution in [2.75, 3.05) is 6.61 Å². The summed E-state index contributed by atoms with van der Waals surface area (Å²) in [5, 5.41) is 3.72. The lowest BCUT2D eigenvalue weighted by molar-refractivity contribution is -0.142. The van der Waals surface area contributed by atoms with Crippen LogP contribution in [0.15, 0.2) is 36.4 Å². The highest BCUT2D eigenvalue weighted by Gasteiger charge is 2.28. The zero-order valence-electron chi connectivity index (χ0n) is 18.0. The van der Waals surface area contributed by atoms with Crippen molar-refractivity contribution in [3.63, 3.8) is 0 Å². The van der Waals surface area contributed by atoms with Crippen LogP contribution in [-0.4, -0.2) is 35.4 Å². The normalized spacial score (nSPS) is 11.9. The second-order valence-electron chi connectivity index (χ2n) is 7.62. The summed E-state index contributed by atoms with van der Waals surface area (Å²) in [6.45, 7) is 9.18. The topological polar surface area (TPSA) is 58.6 Å². The molecular weight excluding hydrogens is 423 g/mol. The highest BCUT2D eigenvalue weighted by molar-refractivity contribution is 6.36. The quantitative estimate of drug-likeness (QED) is 0.619. The maximum atomic E-state index is 13.1. The fourth-order valence-electron chi connectivity index (χ4n) is 2.93. The van der Waals surface area contributed by atoms with E-state index in [-0.39, 0.29) is 31.0 Å². The molecule has 0 aromatic heterocycles. The van der Waals surface area contributed by atoms with E-state index >= 15 is 0 Å². The Morgan fingerprint density at radius 1 is 1.07 bits per heavy atom. The lowest BCUT2D eigenvalue weighted by atomic mass is 10.1. The van der Waals surface area contributed by atoms with Crippen molar-refractivity contribution in [2.45, 2.75) is 53.2 Å². The summed E-state index contributed by atoms with van der Waals surface area (Å²) >= 11 is 12.6. The lowest BCUT2D eigenvalue weighted by Crippen LogP contribution is -2.50. The van der Waals surface area contributed by atoms with Gasteiger partial charge in [0.25, 0.3) is 5.91 Å². The van der Waals surface area contributed by atoms with Crippen LogP contribution in [0.1, 0.15) is 37.5 Å². The van der Waals surface area contributed by atoms with Crippen molar-refractivity contribution in [1.82, 2.24) is 10.2 Å². The van der Waals surface area contributed by atoms with Gasteiger partial charge in [-0.1, -0.05) is 41.4 Å². The summed E-state index contributed by atoms with van der Waals surface area (Å²) in [5.74, 6) is 0.0462. The number of nitrogens with one attached hydrogen (secondary N) is 1. The zero-order chi connectivity index (χ0) is 22.4. The van der Waals surface area contributed by atoms with Gasteiger partial charge in [0, 0.05) is 28.2 Å². The van der Waals surface area contributed by atoms with Crippen molar-refractivity contribution in [2.24, 2.45) is 0 Å². The fourth-order valence-corrected chi connectivity index (χ4v) is 3.44. The summed E-state index contributed by atoms with van der Waals surface area (Å²) in [7, 11) is 0. The molecule has 0 heterocycles. The third-order valence-electron chi connectivity index (χ3n) is 4.68. The maximum absolute atomic E-state index is 13.1. The van der Waals surface area contributed by atoms with Crippen molar-refractivity contribution < 1.29 is 14.3 Å². The SMILES string of the molecule is Cc1ccc(C)c(OCC(=O)N(Cc2c(Cl)cccc2Cl)[C@H](C)C(=O)NC(C)C)c1. The molecule has 0 saturated heterocycles. The molecule has 2 aromatic rings. The standard InChI is InChI=1S/C23H28Cl2N2O3/c1-14(2)26-23(29)17(5)27(12-18-19(24)7-6-8-20(18)25)22(28)13-30-21-11-15(3)9-10-16(21)4/h6-11,14,17H,12-13H2,1-5H3,(H,26,29)/t17-/m1/s1. The van der Waals surface area contributed by atoms with Crippen LogP contribution in [0.2, 0.25) is 10.0 Å². The monoisotopic (exact) mass is 450 g/mol. The highest BCUT2D eigenvalue weighted by atomic mass is 35.5. The molecule has 0 unspecified atom stereocenters. The Morgan fingerprint density at radius 2 is 1.70 bits per heavy atom. The van der Waals surface area contributed by atoms with Crippen LogP contribution in [0.25, 0.3) is 0 Å². The van der Waals surface area contributed by atoms with Gasteiger partial charge in [0.1, 0.15) is 11.8 Å². The minimum Gasteiger partial charge on any atom is -0.483 e. The summed E-state index contributed by atoms with van der Waals surface area (Å²) in [4.78, 5) is 27.2. The van der Waals surface area contributed by atoms with Crippen molar-refractivity contribution >= 4 is 35.0 Å². The molecule has 0 fully saturated rings. The Kier molecular flexibility index (Phi) is 8.56. The molecule has 0 aliphatic carbocycles. The van der Waals surface area contributed by atoms with Crippen LogP contribution in [0.3, 0.4) is 0 Å². The summed E-state index contributed by atoms with van der Waals surface area (Å²) in [6, 6.07) is 10.2. The summed E-state index contributed by atoms with van der Waals surface area (Å²) in [6.07, 6.45) is 0.